The third-order valence-corrected chi connectivity index (χ3v) is 3.71. The zero-order valence-corrected chi connectivity index (χ0v) is 10.7. The van der Waals surface area contributed by atoms with E-state index in [9.17, 15) is 8.78 Å². The molecule has 0 saturated heterocycles. The Morgan fingerprint density at radius 3 is 2.61 bits per heavy atom. The molecule has 1 aliphatic rings. The van der Waals surface area contributed by atoms with Gasteiger partial charge in [-0.3, -0.25) is 0 Å². The van der Waals surface area contributed by atoms with Crippen molar-refractivity contribution >= 4 is 11.4 Å². The van der Waals surface area contributed by atoms with E-state index < -0.39 is 6.43 Å². The van der Waals surface area contributed by atoms with Gasteiger partial charge in [0.05, 0.1) is 0 Å². The Bertz CT molecular complexity index is 403. The molecule has 0 heterocycles. The molecule has 1 aromatic carbocycles. The molecular formula is C14H20F2N2. The van der Waals surface area contributed by atoms with E-state index in [-0.39, 0.29) is 5.56 Å². The maximum Gasteiger partial charge on any atom is 0.265 e. The number of nitrogens with zero attached hydrogens (tertiary/aromatic N) is 1. The molecule has 0 aliphatic heterocycles. The summed E-state index contributed by atoms with van der Waals surface area (Å²) < 4.78 is 26.1. The molecule has 18 heavy (non-hydrogen) atoms. The lowest BCUT2D eigenvalue weighted by molar-refractivity contribution is 0.151. The Kier molecular flexibility index (Phi) is 4.04. The Labute approximate surface area is 107 Å². The van der Waals surface area contributed by atoms with Gasteiger partial charge in [-0.15, -0.1) is 0 Å². The van der Waals surface area contributed by atoms with Gasteiger partial charge in [-0.05, 0) is 43.9 Å². The number of rotatable bonds is 5. The van der Waals surface area contributed by atoms with Crippen molar-refractivity contribution in [2.75, 3.05) is 23.7 Å². The number of halogens is 2. The van der Waals surface area contributed by atoms with E-state index in [4.69, 9.17) is 5.73 Å². The van der Waals surface area contributed by atoms with E-state index >= 15 is 0 Å². The van der Waals surface area contributed by atoms with Gasteiger partial charge in [-0.1, -0.05) is 6.42 Å². The second kappa shape index (κ2) is 5.55. The molecule has 0 atom stereocenters. The Balaban J connectivity index is 2.22. The topological polar surface area (TPSA) is 29.3 Å². The van der Waals surface area contributed by atoms with Crippen LogP contribution in [0.3, 0.4) is 0 Å². The maximum atomic E-state index is 13.1. The van der Waals surface area contributed by atoms with Gasteiger partial charge in [0.2, 0.25) is 0 Å². The smallest absolute Gasteiger partial charge is 0.265 e. The summed E-state index contributed by atoms with van der Waals surface area (Å²) in [5.74, 6) is 0.660. The molecule has 2 nitrogen and oxygen atoms in total. The molecule has 0 radical (unpaired) electrons. The van der Waals surface area contributed by atoms with Gasteiger partial charge < -0.3 is 10.6 Å². The van der Waals surface area contributed by atoms with E-state index in [1.165, 1.54) is 25.3 Å². The lowest BCUT2D eigenvalue weighted by Crippen LogP contribution is -2.33. The predicted octanol–water partition coefficient (Wildman–Crippen LogP) is 3.83. The van der Waals surface area contributed by atoms with Crippen molar-refractivity contribution in [1.82, 2.24) is 0 Å². The fraction of sp³-hybridized carbons (Fsp3) is 0.571. The van der Waals surface area contributed by atoms with E-state index in [2.05, 4.69) is 0 Å². The summed E-state index contributed by atoms with van der Waals surface area (Å²) >= 11 is 0. The van der Waals surface area contributed by atoms with Crippen LogP contribution in [-0.2, 0) is 0 Å². The van der Waals surface area contributed by atoms with Crippen LogP contribution in [0.15, 0.2) is 18.2 Å². The van der Waals surface area contributed by atoms with Crippen molar-refractivity contribution in [1.29, 1.82) is 0 Å². The molecule has 4 heteroatoms. The minimum atomic E-state index is -2.47. The van der Waals surface area contributed by atoms with Crippen molar-refractivity contribution in [2.45, 2.75) is 32.6 Å². The number of hydrogen-bond donors (Lipinski definition) is 1. The van der Waals surface area contributed by atoms with Crippen LogP contribution in [0.4, 0.5) is 20.2 Å². The average Bonchev–Trinajstić information content (AvgIpc) is 2.28. The highest BCUT2D eigenvalue weighted by Gasteiger charge is 2.23. The first-order valence-electron chi connectivity index (χ1n) is 6.54. The average molecular weight is 254 g/mol. The van der Waals surface area contributed by atoms with Crippen LogP contribution < -0.4 is 10.6 Å². The molecule has 1 aliphatic carbocycles. The summed E-state index contributed by atoms with van der Waals surface area (Å²) in [4.78, 5) is 2.05. The van der Waals surface area contributed by atoms with Crippen molar-refractivity contribution in [2.24, 2.45) is 5.92 Å². The quantitative estimate of drug-likeness (QED) is 0.809. The first-order valence-corrected chi connectivity index (χ1v) is 6.54. The maximum absolute atomic E-state index is 13.1. The number of alkyl halides is 2. The van der Waals surface area contributed by atoms with Gasteiger partial charge in [0.1, 0.15) is 0 Å². The Morgan fingerprint density at radius 1 is 1.39 bits per heavy atom. The number of nitrogen functional groups attached to an aromatic ring is 1. The fourth-order valence-electron chi connectivity index (χ4n) is 2.42. The van der Waals surface area contributed by atoms with Crippen LogP contribution in [0.1, 0.15) is 38.2 Å². The highest BCUT2D eigenvalue weighted by Crippen LogP contribution is 2.34. The molecule has 1 fully saturated rings. The summed E-state index contributed by atoms with van der Waals surface area (Å²) in [6.07, 6.45) is 1.23. The van der Waals surface area contributed by atoms with Crippen LogP contribution in [-0.4, -0.2) is 13.1 Å². The Morgan fingerprint density at radius 2 is 2.11 bits per heavy atom. The summed E-state index contributed by atoms with van der Waals surface area (Å²) in [6, 6.07) is 4.81. The highest BCUT2D eigenvalue weighted by molar-refractivity contribution is 5.60. The normalized spacial score (nSPS) is 15.8. The van der Waals surface area contributed by atoms with Crippen molar-refractivity contribution in [3.8, 4) is 0 Å². The lowest BCUT2D eigenvalue weighted by Gasteiger charge is -2.34. The second-order valence-electron chi connectivity index (χ2n) is 4.95. The number of anilines is 2. The predicted molar refractivity (Wildman–Crippen MR) is 71.0 cm³/mol. The first kappa shape index (κ1) is 13.1. The van der Waals surface area contributed by atoms with Gasteiger partial charge in [0.15, 0.2) is 0 Å². The minimum Gasteiger partial charge on any atom is -0.399 e. The lowest BCUT2D eigenvalue weighted by atomic mass is 9.85. The van der Waals surface area contributed by atoms with Crippen LogP contribution in [0.2, 0.25) is 0 Å². The van der Waals surface area contributed by atoms with Gasteiger partial charge in [-0.25, -0.2) is 8.78 Å². The molecule has 2 rings (SSSR count). The molecule has 0 spiro atoms. The summed E-state index contributed by atoms with van der Waals surface area (Å²) in [6.45, 7) is 3.63. The highest BCUT2D eigenvalue weighted by atomic mass is 19.3. The molecule has 0 aromatic heterocycles. The molecule has 100 valence electrons. The third kappa shape index (κ3) is 2.74. The van der Waals surface area contributed by atoms with E-state index in [1.54, 1.807) is 12.1 Å². The molecule has 1 aromatic rings. The molecule has 1 saturated carbocycles. The van der Waals surface area contributed by atoms with Crippen LogP contribution in [0.25, 0.3) is 0 Å². The zero-order chi connectivity index (χ0) is 13.1. The number of benzene rings is 1. The van der Waals surface area contributed by atoms with Gasteiger partial charge in [0.25, 0.3) is 6.43 Å². The largest absolute Gasteiger partial charge is 0.399 e. The SMILES string of the molecule is CCN(CC1CCC1)c1ccc(N)cc1C(F)F. The van der Waals surface area contributed by atoms with Gasteiger partial charge >= 0.3 is 0 Å². The van der Waals surface area contributed by atoms with Crippen molar-refractivity contribution < 1.29 is 8.78 Å². The van der Waals surface area contributed by atoms with Crippen LogP contribution in [0.5, 0.6) is 0 Å². The van der Waals surface area contributed by atoms with Crippen molar-refractivity contribution in [3.63, 3.8) is 0 Å². The summed E-state index contributed by atoms with van der Waals surface area (Å²) in [5.41, 5.74) is 6.68. The van der Waals surface area contributed by atoms with E-state index in [0.717, 1.165) is 13.1 Å². The minimum absolute atomic E-state index is 0.0520. The first-order chi connectivity index (χ1) is 8.61. The fourth-order valence-corrected chi connectivity index (χ4v) is 2.42. The van der Waals surface area contributed by atoms with Crippen molar-refractivity contribution in [3.05, 3.63) is 23.8 Å². The summed E-state index contributed by atoms with van der Waals surface area (Å²) in [7, 11) is 0. The van der Waals surface area contributed by atoms with Gasteiger partial charge in [-0.2, -0.15) is 0 Å². The van der Waals surface area contributed by atoms with Crippen LogP contribution >= 0.6 is 0 Å². The molecular weight excluding hydrogens is 234 g/mol. The van der Waals surface area contributed by atoms with E-state index in [1.807, 2.05) is 11.8 Å². The monoisotopic (exact) mass is 254 g/mol. The number of hydrogen-bond acceptors (Lipinski definition) is 2. The molecule has 2 N–H and O–H groups in total. The summed E-state index contributed by atoms with van der Waals surface area (Å²) in [5, 5.41) is 0. The zero-order valence-electron chi connectivity index (χ0n) is 10.7. The van der Waals surface area contributed by atoms with Gasteiger partial charge in [0, 0.05) is 30.0 Å². The molecule has 0 unspecified atom stereocenters. The van der Waals surface area contributed by atoms with E-state index in [0.29, 0.717) is 17.3 Å². The Hall–Kier alpha value is -1.32. The second-order valence-corrected chi connectivity index (χ2v) is 4.95. The standard InChI is InChI=1S/C14H20F2N2/c1-2-18(9-10-4-3-5-10)13-7-6-11(17)8-12(13)14(15)16/h6-8,10,14H,2-5,9,17H2,1H3. The molecule has 0 bridgehead atoms. The van der Waals surface area contributed by atoms with Crippen LogP contribution in [0, 0.1) is 5.92 Å². The molecule has 0 amide bonds. The number of nitrogens with two attached hydrogens (primary N) is 1. The third-order valence-electron chi connectivity index (χ3n) is 3.71.